The summed E-state index contributed by atoms with van der Waals surface area (Å²) in [7, 11) is 1.71. The van der Waals surface area contributed by atoms with E-state index in [4.69, 9.17) is 18.9 Å². The molecule has 3 aliphatic heterocycles. The van der Waals surface area contributed by atoms with Gasteiger partial charge >= 0.3 is 6.09 Å². The molecule has 2 saturated heterocycles. The maximum Gasteiger partial charge on any atom is 0.416 e. The molecule has 15 nitrogen and oxygen atoms in total. The Labute approximate surface area is 326 Å². The van der Waals surface area contributed by atoms with Gasteiger partial charge in [0.05, 0.1) is 29.6 Å². The van der Waals surface area contributed by atoms with Gasteiger partial charge in [0.1, 0.15) is 18.1 Å². The van der Waals surface area contributed by atoms with Crippen LogP contribution in [0.25, 0.3) is 0 Å². The molecule has 3 aromatic rings. The third-order valence-electron chi connectivity index (χ3n) is 9.92. The number of aryl methyl sites for hydroxylation is 2. The van der Waals surface area contributed by atoms with E-state index < -0.39 is 24.7 Å². The van der Waals surface area contributed by atoms with E-state index in [0.717, 1.165) is 25.7 Å². The summed E-state index contributed by atoms with van der Waals surface area (Å²) in [6.07, 6.45) is 6.50. The Bertz CT molecular complexity index is 1940. The molecule has 0 bridgehead atoms. The summed E-state index contributed by atoms with van der Waals surface area (Å²) in [5, 5.41) is 8.34. The lowest BCUT2D eigenvalue weighted by molar-refractivity contribution is -0.198. The van der Waals surface area contributed by atoms with E-state index in [2.05, 4.69) is 22.5 Å². The van der Waals surface area contributed by atoms with Gasteiger partial charge in [-0.05, 0) is 93.8 Å². The lowest BCUT2D eigenvalue weighted by atomic mass is 10.00. The van der Waals surface area contributed by atoms with Crippen molar-refractivity contribution < 1.29 is 42.9 Å². The highest BCUT2D eigenvalue weighted by molar-refractivity contribution is 6.06. The Kier molecular flexibility index (Phi) is 13.1. The van der Waals surface area contributed by atoms with Crippen molar-refractivity contribution >= 4 is 52.5 Å². The molecule has 6 rings (SSSR count). The van der Waals surface area contributed by atoms with Crippen LogP contribution in [0.5, 0.6) is 5.75 Å². The van der Waals surface area contributed by atoms with Crippen LogP contribution in [-0.4, -0.2) is 84.1 Å². The van der Waals surface area contributed by atoms with Gasteiger partial charge in [-0.15, -0.1) is 0 Å². The van der Waals surface area contributed by atoms with Gasteiger partial charge in [0, 0.05) is 57.2 Å². The van der Waals surface area contributed by atoms with E-state index in [1.165, 1.54) is 17.9 Å². The third kappa shape index (κ3) is 9.58. The molecule has 3 atom stereocenters. The zero-order chi connectivity index (χ0) is 39.8. The predicted octanol–water partition coefficient (Wildman–Crippen LogP) is 6.35. The van der Waals surface area contributed by atoms with E-state index >= 15 is 0 Å². The molecule has 0 spiro atoms. The summed E-state index contributed by atoms with van der Waals surface area (Å²) < 4.78 is 25.9. The fourth-order valence-corrected chi connectivity index (χ4v) is 7.23. The number of carbonyl (C=O) groups is 5. The zero-order valence-electron chi connectivity index (χ0n) is 32.1. The van der Waals surface area contributed by atoms with Gasteiger partial charge in [-0.2, -0.15) is 0 Å². The first kappa shape index (κ1) is 40.0. The fraction of sp³-hybridized carbons (Fsp3) is 0.439. The molecule has 3 aliphatic rings. The third-order valence-corrected chi connectivity index (χ3v) is 9.92. The number of ether oxygens (including phenoxy) is 4. The van der Waals surface area contributed by atoms with Crippen LogP contribution < -0.4 is 25.6 Å². The highest BCUT2D eigenvalue weighted by Gasteiger charge is 2.46. The van der Waals surface area contributed by atoms with E-state index in [0.29, 0.717) is 77.7 Å². The van der Waals surface area contributed by atoms with Crippen LogP contribution in [0.15, 0.2) is 61.3 Å². The van der Waals surface area contributed by atoms with Crippen LogP contribution in [0.1, 0.15) is 84.7 Å². The van der Waals surface area contributed by atoms with E-state index in [1.807, 2.05) is 11.8 Å². The second kappa shape index (κ2) is 18.3. The van der Waals surface area contributed by atoms with E-state index in [-0.39, 0.29) is 43.3 Å². The Hall–Kier alpha value is -5.67. The monoisotopic (exact) mass is 770 g/mol. The van der Waals surface area contributed by atoms with Gasteiger partial charge in [-0.25, -0.2) is 9.69 Å². The maximum absolute atomic E-state index is 14.1. The normalized spacial score (nSPS) is 19.2. The summed E-state index contributed by atoms with van der Waals surface area (Å²) >= 11 is 0. The topological polar surface area (TPSA) is 170 Å². The Morgan fingerprint density at radius 2 is 1.71 bits per heavy atom. The van der Waals surface area contributed by atoms with E-state index in [9.17, 15) is 24.0 Å². The molecule has 2 aromatic carbocycles. The number of hydrogen-bond acceptors (Lipinski definition) is 9. The van der Waals surface area contributed by atoms with Crippen LogP contribution in [0.2, 0.25) is 0 Å². The first-order valence-electron chi connectivity index (χ1n) is 19.1. The lowest BCUT2D eigenvalue weighted by Gasteiger charge is -2.42. The Morgan fingerprint density at radius 1 is 0.964 bits per heavy atom. The zero-order valence-corrected chi connectivity index (χ0v) is 32.1. The molecule has 4 heterocycles. The fourth-order valence-electron chi connectivity index (χ4n) is 7.23. The molecule has 5 amide bonds. The molecule has 0 radical (unpaired) electrons. The largest absolute Gasteiger partial charge is 0.493 e. The predicted molar refractivity (Wildman–Crippen MR) is 210 cm³/mol. The van der Waals surface area contributed by atoms with Crippen molar-refractivity contribution in [2.24, 2.45) is 7.05 Å². The number of nitrogens with zero attached hydrogens (tertiary/aromatic N) is 3. The molecular weight excluding hydrogens is 720 g/mol. The van der Waals surface area contributed by atoms with Gasteiger partial charge in [0.25, 0.3) is 11.8 Å². The highest BCUT2D eigenvalue weighted by Crippen LogP contribution is 2.40. The number of fused-ring (bicyclic) bond motifs is 2. The Balaban J connectivity index is 1.11. The molecule has 0 aliphatic carbocycles. The highest BCUT2D eigenvalue weighted by atomic mass is 16.7. The number of piperidine rings is 1. The number of rotatable bonds is 13. The minimum atomic E-state index is -0.854. The van der Waals surface area contributed by atoms with Gasteiger partial charge in [0.15, 0.2) is 12.5 Å². The molecular formula is C41H50N6O9. The Morgan fingerprint density at radius 3 is 2.43 bits per heavy atom. The van der Waals surface area contributed by atoms with Crippen LogP contribution in [-0.2, 0) is 30.8 Å². The molecule has 15 heteroatoms. The van der Waals surface area contributed by atoms with Gasteiger partial charge in [-0.3, -0.25) is 19.2 Å². The summed E-state index contributed by atoms with van der Waals surface area (Å²) in [6.45, 7) is 8.19. The molecule has 1 aromatic heterocycles. The van der Waals surface area contributed by atoms with Crippen molar-refractivity contribution in [2.75, 3.05) is 47.2 Å². The van der Waals surface area contributed by atoms with Crippen molar-refractivity contribution in [3.63, 3.8) is 0 Å². The van der Waals surface area contributed by atoms with Gasteiger partial charge in [0.2, 0.25) is 11.8 Å². The molecule has 2 unspecified atom stereocenters. The second-order valence-corrected chi connectivity index (χ2v) is 14.2. The summed E-state index contributed by atoms with van der Waals surface area (Å²) in [4.78, 5) is 68.4. The SMILES string of the molecule is C=CCOC(=O)N1c2cc(OCCCC(=O)Nc3cc(C(=O)Nc4ccc(NC(C)=O)cc4)n(C)c3)c(C)cc2C(=O)N2CCCC[C@H]2C1OC1CCCCO1. The first-order valence-corrected chi connectivity index (χ1v) is 19.1. The molecule has 56 heavy (non-hydrogen) atoms. The van der Waals surface area contributed by atoms with Crippen LogP contribution >= 0.6 is 0 Å². The average Bonchev–Trinajstić information content (AvgIpc) is 3.52. The molecule has 0 saturated carbocycles. The number of amides is 5. The van der Waals surface area contributed by atoms with Crippen molar-refractivity contribution in [2.45, 2.75) is 83.8 Å². The van der Waals surface area contributed by atoms with Crippen LogP contribution in [0.4, 0.5) is 27.5 Å². The number of nitrogens with one attached hydrogen (secondary N) is 3. The van der Waals surface area contributed by atoms with E-state index in [1.54, 1.807) is 60.3 Å². The molecule has 298 valence electrons. The molecule has 3 N–H and O–H groups in total. The number of benzene rings is 2. The minimum absolute atomic E-state index is 0.0229. The average molecular weight is 771 g/mol. The van der Waals surface area contributed by atoms with Crippen LogP contribution in [0.3, 0.4) is 0 Å². The van der Waals surface area contributed by atoms with Gasteiger partial charge < -0.3 is 44.4 Å². The molecule has 2 fully saturated rings. The van der Waals surface area contributed by atoms with Gasteiger partial charge in [-0.1, -0.05) is 12.7 Å². The maximum atomic E-state index is 14.1. The standard InChI is InChI=1S/C41H50N6O9/c1-5-19-55-41(52)47-33-24-35(26(2)22-31(33)39(51)46-18-8-6-11-32(46)40(47)56-37-13-7-9-20-54-37)53-21-10-12-36(49)43-30-23-34(45(4)25-30)38(50)44-29-16-14-28(15-17-29)42-27(3)48/h5,14-17,22-25,32,37,40H,1,6-13,18-21H2,2-4H3,(H,42,48)(H,43,49)(H,44,50)/t32-,37?,40?/m0/s1. The lowest BCUT2D eigenvalue weighted by Crippen LogP contribution is -2.57. The van der Waals surface area contributed by atoms with Crippen molar-refractivity contribution in [3.05, 3.63) is 78.1 Å². The number of aromatic nitrogens is 1. The smallest absolute Gasteiger partial charge is 0.416 e. The first-order chi connectivity index (χ1) is 27.0. The van der Waals surface area contributed by atoms with Crippen molar-refractivity contribution in [1.82, 2.24) is 9.47 Å². The minimum Gasteiger partial charge on any atom is -0.493 e. The van der Waals surface area contributed by atoms with Crippen molar-refractivity contribution in [1.29, 1.82) is 0 Å². The van der Waals surface area contributed by atoms with Crippen LogP contribution in [0, 0.1) is 6.92 Å². The summed E-state index contributed by atoms with van der Waals surface area (Å²) in [5.41, 5.74) is 3.33. The van der Waals surface area contributed by atoms with Crippen molar-refractivity contribution in [3.8, 4) is 5.75 Å². The quantitative estimate of drug-likeness (QED) is 0.133. The number of hydrogen-bond donors (Lipinski definition) is 3. The number of carbonyl (C=O) groups excluding carboxylic acids is 5. The summed E-state index contributed by atoms with van der Waals surface area (Å²) in [5.74, 6) is -0.554. The number of anilines is 4. The summed E-state index contributed by atoms with van der Waals surface area (Å²) in [6, 6.07) is 11.3. The second-order valence-electron chi connectivity index (χ2n) is 14.2.